The number of carbonyl (C=O) groups excluding carboxylic acids is 1. The molecule has 0 heterocycles. The number of hydrogen-bond acceptors (Lipinski definition) is 3. The van der Waals surface area contributed by atoms with Gasteiger partial charge in [-0.1, -0.05) is 47.5 Å². The van der Waals surface area contributed by atoms with E-state index in [2.05, 4.69) is 148 Å². The van der Waals surface area contributed by atoms with Gasteiger partial charge in [0.1, 0.15) is 6.11 Å². The van der Waals surface area contributed by atoms with Crippen LogP contribution in [0.3, 0.4) is 0 Å². The zero-order valence-corrected chi connectivity index (χ0v) is 23.9. The lowest BCUT2D eigenvalue weighted by atomic mass is 9.58. The molecule has 1 N–H and O–H groups in total. The van der Waals surface area contributed by atoms with Gasteiger partial charge in [-0.05, 0) is 102 Å². The van der Waals surface area contributed by atoms with Gasteiger partial charge in [-0.15, -0.1) is 0 Å². The number of esters is 1. The molecule has 39 heavy (non-hydrogen) atoms. The second-order valence-corrected chi connectivity index (χ2v) is 11.1. The van der Waals surface area contributed by atoms with E-state index < -0.39 is 0 Å². The van der Waals surface area contributed by atoms with Crippen LogP contribution in [0.2, 0.25) is 0 Å². The molecular formula is C36H34O3. The fraction of sp³-hybridized carbons (Fsp3) is 0.472. The third-order valence-electron chi connectivity index (χ3n) is 6.26. The lowest BCUT2D eigenvalue weighted by molar-refractivity contribution is -0.137. The Morgan fingerprint density at radius 1 is 0.667 bits per heavy atom. The van der Waals surface area contributed by atoms with Gasteiger partial charge in [0, 0.05) is 53.8 Å². The first-order valence-electron chi connectivity index (χ1n) is 12.8. The van der Waals surface area contributed by atoms with Crippen LogP contribution in [0.5, 0.6) is 0 Å². The summed E-state index contributed by atoms with van der Waals surface area (Å²) in [5.74, 6) is 43.2. The van der Waals surface area contributed by atoms with Gasteiger partial charge < -0.3 is 9.84 Å². The smallest absolute Gasteiger partial charge is 0.319 e. The average molecular weight is 515 g/mol. The SMILES string of the molecule is CC#CC#CC#CC#CC#CC#CC#CC#CC#COC(=O)CCC1CC(C(C)(C)C)C(O)C(C(C)(C)C)C1. The van der Waals surface area contributed by atoms with E-state index in [1.54, 1.807) is 6.92 Å². The molecule has 0 aromatic carbocycles. The normalized spacial score (nSPS) is 18.6. The van der Waals surface area contributed by atoms with Crippen molar-refractivity contribution >= 4 is 5.97 Å². The Morgan fingerprint density at radius 2 is 1.03 bits per heavy atom. The fourth-order valence-electron chi connectivity index (χ4n) is 4.32. The summed E-state index contributed by atoms with van der Waals surface area (Å²) in [5.41, 5.74) is -0.00273. The van der Waals surface area contributed by atoms with Crippen molar-refractivity contribution in [3.8, 4) is 107 Å². The minimum atomic E-state index is -0.377. The first-order valence-corrected chi connectivity index (χ1v) is 12.8. The summed E-state index contributed by atoms with van der Waals surface area (Å²) in [7, 11) is 0. The highest BCUT2D eigenvalue weighted by molar-refractivity contribution is 5.70. The van der Waals surface area contributed by atoms with Crippen molar-refractivity contribution < 1.29 is 14.6 Å². The van der Waals surface area contributed by atoms with Crippen LogP contribution in [-0.4, -0.2) is 17.2 Å². The summed E-state index contributed by atoms with van der Waals surface area (Å²) in [6, 6.07) is 0. The van der Waals surface area contributed by atoms with Crippen LogP contribution < -0.4 is 0 Å². The number of rotatable bonds is 3. The predicted octanol–water partition coefficient (Wildman–Crippen LogP) is 4.41. The molecule has 2 unspecified atom stereocenters. The van der Waals surface area contributed by atoms with Crippen molar-refractivity contribution in [3.05, 3.63) is 0 Å². The summed E-state index contributed by atoms with van der Waals surface area (Å²) >= 11 is 0. The highest BCUT2D eigenvalue weighted by Crippen LogP contribution is 2.49. The minimum Gasteiger partial charge on any atom is -0.393 e. The standard InChI is InChI=1S/C36H34O3/c1-8-9-10-11-12-13-14-15-16-17-18-19-20-21-22-23-24-27-39-33(37)26-25-30-28-31(35(2,3)4)34(38)32(29-30)36(5,6)7/h30-32,34,38H,25-26,28-29H2,1-7H3. The first kappa shape index (κ1) is 32.5. The van der Waals surface area contributed by atoms with Gasteiger partial charge in [-0.25, -0.2) is 0 Å². The number of aliphatic hydroxyl groups is 1. The zero-order valence-electron chi connectivity index (χ0n) is 23.9. The molecule has 1 saturated carbocycles. The third kappa shape index (κ3) is 14.1. The molecule has 1 rings (SSSR count). The molecular weight excluding hydrogens is 480 g/mol. The van der Waals surface area contributed by atoms with Gasteiger partial charge in [-0.2, -0.15) is 0 Å². The third-order valence-corrected chi connectivity index (χ3v) is 6.26. The monoisotopic (exact) mass is 514 g/mol. The fourth-order valence-corrected chi connectivity index (χ4v) is 4.32. The zero-order chi connectivity index (χ0) is 29.2. The van der Waals surface area contributed by atoms with Gasteiger partial charge in [0.2, 0.25) is 0 Å². The highest BCUT2D eigenvalue weighted by atomic mass is 16.5. The van der Waals surface area contributed by atoms with Crippen molar-refractivity contribution in [2.24, 2.45) is 28.6 Å². The van der Waals surface area contributed by atoms with E-state index in [9.17, 15) is 9.90 Å². The van der Waals surface area contributed by atoms with Crippen molar-refractivity contribution in [1.82, 2.24) is 0 Å². The highest BCUT2D eigenvalue weighted by Gasteiger charge is 2.45. The van der Waals surface area contributed by atoms with Crippen molar-refractivity contribution in [3.63, 3.8) is 0 Å². The average Bonchev–Trinajstić information content (AvgIpc) is 2.86. The van der Waals surface area contributed by atoms with Crippen LogP contribution in [0.25, 0.3) is 0 Å². The molecule has 0 aromatic heterocycles. The van der Waals surface area contributed by atoms with Crippen LogP contribution >= 0.6 is 0 Å². The van der Waals surface area contributed by atoms with E-state index in [1.807, 2.05) is 0 Å². The Hall–Kier alpha value is -4.53. The molecule has 0 radical (unpaired) electrons. The molecule has 0 amide bonds. The first-order chi connectivity index (χ1) is 18.5. The maximum absolute atomic E-state index is 12.2. The van der Waals surface area contributed by atoms with Crippen LogP contribution in [0, 0.1) is 135 Å². The van der Waals surface area contributed by atoms with Crippen molar-refractivity contribution in [1.29, 1.82) is 0 Å². The van der Waals surface area contributed by atoms with E-state index in [1.165, 1.54) is 0 Å². The molecule has 0 spiro atoms. The molecule has 3 nitrogen and oxygen atoms in total. The second-order valence-electron chi connectivity index (χ2n) is 11.1. The molecule has 0 aromatic rings. The largest absolute Gasteiger partial charge is 0.393 e. The number of hydrogen-bond donors (Lipinski definition) is 1. The van der Waals surface area contributed by atoms with Gasteiger partial charge in [0.25, 0.3) is 0 Å². The Morgan fingerprint density at radius 3 is 1.38 bits per heavy atom. The summed E-state index contributed by atoms with van der Waals surface area (Å²) in [6.45, 7) is 14.8. The summed E-state index contributed by atoms with van der Waals surface area (Å²) in [4.78, 5) is 12.2. The molecule has 1 aliphatic rings. The lowest BCUT2D eigenvalue weighted by Gasteiger charge is -2.49. The van der Waals surface area contributed by atoms with E-state index >= 15 is 0 Å². The van der Waals surface area contributed by atoms with E-state index in [0.717, 1.165) is 12.8 Å². The quantitative estimate of drug-likeness (QED) is 0.448. The van der Waals surface area contributed by atoms with Crippen LogP contribution in [0.1, 0.15) is 74.1 Å². The van der Waals surface area contributed by atoms with Crippen molar-refractivity contribution in [2.45, 2.75) is 80.3 Å². The van der Waals surface area contributed by atoms with E-state index in [-0.39, 0.29) is 41.2 Å². The van der Waals surface area contributed by atoms with Crippen molar-refractivity contribution in [2.75, 3.05) is 0 Å². The predicted molar refractivity (Wildman–Crippen MR) is 156 cm³/mol. The van der Waals surface area contributed by atoms with Gasteiger partial charge in [0.05, 0.1) is 6.10 Å². The van der Waals surface area contributed by atoms with Gasteiger partial charge in [-0.3, -0.25) is 4.79 Å². The van der Waals surface area contributed by atoms with E-state index in [4.69, 9.17) is 4.74 Å². The minimum absolute atomic E-state index is 0.00136. The summed E-state index contributed by atoms with van der Waals surface area (Å²) < 4.78 is 4.98. The maximum atomic E-state index is 12.2. The molecule has 196 valence electrons. The Bertz CT molecular complexity index is 1430. The van der Waals surface area contributed by atoms with Gasteiger partial charge >= 0.3 is 5.97 Å². The van der Waals surface area contributed by atoms with Crippen LogP contribution in [0.15, 0.2) is 0 Å². The topological polar surface area (TPSA) is 46.5 Å². The lowest BCUT2D eigenvalue weighted by Crippen LogP contribution is -2.47. The van der Waals surface area contributed by atoms with Crippen LogP contribution in [0.4, 0.5) is 0 Å². The number of carbonyl (C=O) groups is 1. The van der Waals surface area contributed by atoms with E-state index in [0.29, 0.717) is 12.3 Å². The summed E-state index contributed by atoms with van der Waals surface area (Å²) in [5, 5.41) is 11.1. The number of ether oxygens (including phenoxy) is 1. The Kier molecular flexibility index (Phi) is 14.2. The summed E-state index contributed by atoms with van der Waals surface area (Å²) in [6.07, 6.45) is 4.79. The number of aliphatic hydroxyl groups excluding tert-OH is 1. The maximum Gasteiger partial charge on any atom is 0.319 e. The van der Waals surface area contributed by atoms with Crippen LogP contribution in [-0.2, 0) is 9.53 Å². The molecule has 0 bridgehead atoms. The Labute approximate surface area is 236 Å². The molecule has 0 saturated heterocycles. The molecule has 1 aliphatic carbocycles. The Balaban J connectivity index is 2.52. The molecule has 2 atom stereocenters. The molecule has 1 fully saturated rings. The second kappa shape index (κ2) is 17.1. The molecule has 0 aliphatic heterocycles. The van der Waals surface area contributed by atoms with Gasteiger partial charge in [0.15, 0.2) is 0 Å². The molecule has 3 heteroatoms.